The molecule has 0 fully saturated rings. The summed E-state index contributed by atoms with van der Waals surface area (Å²) in [7, 11) is 6.28. The first-order chi connectivity index (χ1) is 16.1. The molecule has 8 nitrogen and oxygen atoms in total. The molecule has 9 heteroatoms. The monoisotopic (exact) mass is 467 g/mol. The van der Waals surface area contributed by atoms with E-state index < -0.39 is 0 Å². The van der Waals surface area contributed by atoms with Gasteiger partial charge in [0.2, 0.25) is 11.7 Å². The molecule has 2 heterocycles. The van der Waals surface area contributed by atoms with E-state index in [1.165, 1.54) is 6.08 Å². The Morgan fingerprint density at radius 2 is 1.70 bits per heavy atom. The van der Waals surface area contributed by atoms with E-state index in [9.17, 15) is 4.79 Å². The van der Waals surface area contributed by atoms with Crippen molar-refractivity contribution >= 4 is 29.6 Å². The second kappa shape index (κ2) is 9.91. The lowest BCUT2D eigenvalue weighted by molar-refractivity contribution is -0.111. The van der Waals surface area contributed by atoms with Crippen LogP contribution in [0.15, 0.2) is 42.5 Å². The minimum atomic E-state index is -0.266. The molecule has 0 unspecified atom stereocenters. The number of rotatable bonds is 8. The predicted octanol–water partition coefficient (Wildman–Crippen LogP) is 4.31. The quantitative estimate of drug-likeness (QED) is 0.495. The third-order valence-corrected chi connectivity index (χ3v) is 6.20. The van der Waals surface area contributed by atoms with Crippen molar-refractivity contribution in [3.05, 3.63) is 59.3 Å². The van der Waals surface area contributed by atoms with Crippen molar-refractivity contribution in [1.82, 2.24) is 9.78 Å². The van der Waals surface area contributed by atoms with Gasteiger partial charge in [0, 0.05) is 23.1 Å². The molecule has 0 radical (unpaired) electrons. The number of nitrogens with zero attached hydrogens (tertiary/aromatic N) is 2. The Balaban J connectivity index is 1.60. The van der Waals surface area contributed by atoms with Crippen molar-refractivity contribution in [2.45, 2.75) is 11.5 Å². The van der Waals surface area contributed by atoms with Gasteiger partial charge in [0.25, 0.3) is 0 Å². The van der Waals surface area contributed by atoms with Crippen molar-refractivity contribution in [2.75, 3.05) is 33.8 Å². The maximum atomic E-state index is 12.8. The van der Waals surface area contributed by atoms with Crippen LogP contribution in [0.3, 0.4) is 0 Å². The van der Waals surface area contributed by atoms with Crippen molar-refractivity contribution in [2.24, 2.45) is 0 Å². The highest BCUT2D eigenvalue weighted by atomic mass is 32.2. The van der Waals surface area contributed by atoms with Crippen LogP contribution in [0.1, 0.15) is 16.8 Å². The summed E-state index contributed by atoms with van der Waals surface area (Å²) < 4.78 is 23.1. The summed E-state index contributed by atoms with van der Waals surface area (Å²) in [6, 6.07) is 11.1. The molecule has 3 aromatic rings. The zero-order chi connectivity index (χ0) is 23.4. The van der Waals surface area contributed by atoms with Crippen LogP contribution in [0.4, 0.5) is 5.82 Å². The van der Waals surface area contributed by atoms with E-state index in [0.717, 1.165) is 39.8 Å². The Bertz CT molecular complexity index is 1160. The first kappa shape index (κ1) is 22.6. The highest BCUT2D eigenvalue weighted by Gasteiger charge is 2.24. The van der Waals surface area contributed by atoms with Gasteiger partial charge in [-0.15, -0.1) is 0 Å². The van der Waals surface area contributed by atoms with E-state index in [-0.39, 0.29) is 5.91 Å². The molecular formula is C24H25N3O5S. The van der Waals surface area contributed by atoms with Gasteiger partial charge in [-0.25, -0.2) is 4.68 Å². The highest BCUT2D eigenvalue weighted by Crippen LogP contribution is 2.39. The summed E-state index contributed by atoms with van der Waals surface area (Å²) in [6.45, 7) is 0. The van der Waals surface area contributed by atoms with E-state index in [1.807, 2.05) is 24.3 Å². The number of hydrogen-bond donors (Lipinski definition) is 1. The number of benzene rings is 2. The maximum Gasteiger partial charge on any atom is 0.249 e. The lowest BCUT2D eigenvalue weighted by Gasteiger charge is -2.13. The Morgan fingerprint density at radius 3 is 2.30 bits per heavy atom. The highest BCUT2D eigenvalue weighted by molar-refractivity contribution is 7.98. The number of ether oxygens (including phenoxy) is 4. The van der Waals surface area contributed by atoms with E-state index in [2.05, 4.69) is 5.32 Å². The number of anilines is 1. The van der Waals surface area contributed by atoms with E-state index in [4.69, 9.17) is 24.0 Å². The fourth-order valence-electron chi connectivity index (χ4n) is 3.58. The van der Waals surface area contributed by atoms with Crippen LogP contribution >= 0.6 is 11.8 Å². The molecule has 1 aromatic heterocycles. The van der Waals surface area contributed by atoms with Crippen LogP contribution in [0.5, 0.6) is 23.0 Å². The number of amides is 1. The number of nitrogens with one attached hydrogen (secondary N) is 1. The molecule has 1 N–H and O–H groups in total. The fourth-order valence-corrected chi connectivity index (χ4v) is 4.61. The van der Waals surface area contributed by atoms with Crippen molar-refractivity contribution < 1.29 is 23.7 Å². The van der Waals surface area contributed by atoms with Gasteiger partial charge < -0.3 is 24.3 Å². The second-order valence-corrected chi connectivity index (χ2v) is 8.14. The maximum absolute atomic E-state index is 12.8. The lowest BCUT2D eigenvalue weighted by atomic mass is 10.1. The molecule has 0 aliphatic carbocycles. The molecule has 1 amide bonds. The molecular weight excluding hydrogens is 442 g/mol. The molecule has 2 aromatic carbocycles. The van der Waals surface area contributed by atoms with Crippen LogP contribution < -0.4 is 24.3 Å². The van der Waals surface area contributed by atoms with Crippen LogP contribution in [0, 0.1) is 0 Å². The minimum absolute atomic E-state index is 0.266. The Labute approximate surface area is 196 Å². The standard InChI is InChI=1S/C24H25N3O5S/c1-29-17-8-6-16(7-9-17)27-24(18-13-33-14-19(18)26-27)25-22(28)10-5-15-11-20(30-2)23(32-4)21(12-15)31-3/h5-12H,13-14H2,1-4H3,(H,25,28)/b10-5-. The largest absolute Gasteiger partial charge is 0.497 e. The Hall–Kier alpha value is -3.59. The van der Waals surface area contributed by atoms with Crippen molar-refractivity contribution in [3.8, 4) is 28.7 Å². The number of carbonyl (C=O) groups excluding carboxylic acids is 1. The average Bonchev–Trinajstić information content (AvgIpc) is 3.44. The van der Waals surface area contributed by atoms with Crippen LogP contribution in [0.25, 0.3) is 11.8 Å². The normalized spacial score (nSPS) is 12.5. The smallest absolute Gasteiger partial charge is 0.249 e. The molecule has 0 spiro atoms. The zero-order valence-electron chi connectivity index (χ0n) is 18.9. The van der Waals surface area contributed by atoms with E-state index >= 15 is 0 Å². The van der Waals surface area contributed by atoms with Gasteiger partial charge in [0.15, 0.2) is 11.5 Å². The Kier molecular flexibility index (Phi) is 6.79. The van der Waals surface area contributed by atoms with Crippen LogP contribution in [0.2, 0.25) is 0 Å². The molecule has 0 atom stereocenters. The number of aromatic nitrogens is 2. The first-order valence-corrected chi connectivity index (χ1v) is 11.4. The third-order valence-electron chi connectivity index (χ3n) is 5.22. The van der Waals surface area contributed by atoms with Crippen molar-refractivity contribution in [1.29, 1.82) is 0 Å². The molecule has 1 aliphatic rings. The zero-order valence-corrected chi connectivity index (χ0v) is 19.7. The van der Waals surface area contributed by atoms with Gasteiger partial charge in [-0.2, -0.15) is 16.9 Å². The van der Waals surface area contributed by atoms with Crippen LogP contribution in [-0.2, 0) is 16.3 Å². The first-order valence-electron chi connectivity index (χ1n) is 10.2. The van der Waals surface area contributed by atoms with Gasteiger partial charge in [-0.05, 0) is 48.0 Å². The predicted molar refractivity (Wildman–Crippen MR) is 129 cm³/mol. The summed E-state index contributed by atoms with van der Waals surface area (Å²) in [6.07, 6.45) is 3.17. The van der Waals surface area contributed by atoms with Crippen molar-refractivity contribution in [3.63, 3.8) is 0 Å². The van der Waals surface area contributed by atoms with Crippen LogP contribution in [-0.4, -0.2) is 44.1 Å². The fraction of sp³-hybridized carbons (Fsp3) is 0.250. The minimum Gasteiger partial charge on any atom is -0.497 e. The van der Waals surface area contributed by atoms with Gasteiger partial charge in [0.1, 0.15) is 11.6 Å². The molecule has 33 heavy (non-hydrogen) atoms. The lowest BCUT2D eigenvalue weighted by Crippen LogP contribution is -2.13. The number of methoxy groups -OCH3 is 4. The summed E-state index contributed by atoms with van der Waals surface area (Å²) in [5.41, 5.74) is 3.62. The Morgan fingerprint density at radius 1 is 1.00 bits per heavy atom. The molecule has 1 aliphatic heterocycles. The average molecular weight is 468 g/mol. The van der Waals surface area contributed by atoms with E-state index in [1.54, 1.807) is 63.1 Å². The molecule has 172 valence electrons. The summed E-state index contributed by atoms with van der Waals surface area (Å²) in [5, 5.41) is 7.73. The number of carbonyl (C=O) groups is 1. The number of thioether (sulfide) groups is 1. The van der Waals surface area contributed by atoms with E-state index in [0.29, 0.717) is 23.1 Å². The van der Waals surface area contributed by atoms with Gasteiger partial charge in [0.05, 0.1) is 39.8 Å². The van der Waals surface area contributed by atoms with Gasteiger partial charge in [-0.3, -0.25) is 4.79 Å². The molecule has 4 rings (SSSR count). The number of fused-ring (bicyclic) bond motifs is 1. The molecule has 0 saturated heterocycles. The third kappa shape index (κ3) is 4.63. The summed E-state index contributed by atoms with van der Waals surface area (Å²) in [5.74, 6) is 4.33. The number of hydrogen-bond acceptors (Lipinski definition) is 7. The topological polar surface area (TPSA) is 83.8 Å². The molecule has 0 bridgehead atoms. The van der Waals surface area contributed by atoms with Gasteiger partial charge >= 0.3 is 0 Å². The summed E-state index contributed by atoms with van der Waals surface area (Å²) in [4.78, 5) is 12.8. The SMILES string of the molecule is COc1ccc(-n2nc3c(c2NC(=O)/C=C\c2cc(OC)c(OC)c(OC)c2)CSC3)cc1. The van der Waals surface area contributed by atoms with Gasteiger partial charge in [-0.1, -0.05) is 0 Å². The second-order valence-electron chi connectivity index (χ2n) is 7.16. The molecule has 0 saturated carbocycles. The summed E-state index contributed by atoms with van der Waals surface area (Å²) >= 11 is 1.78.